The van der Waals surface area contributed by atoms with E-state index in [0.717, 1.165) is 5.69 Å². The van der Waals surface area contributed by atoms with Gasteiger partial charge in [0.25, 0.3) is 5.22 Å². The third-order valence-electron chi connectivity index (χ3n) is 1.60. The fourth-order valence-corrected chi connectivity index (χ4v) is 2.16. The molecule has 1 N–H and O–H groups in total. The molecule has 0 aliphatic carbocycles. The molecule has 0 spiro atoms. The molecule has 0 aliphatic heterocycles. The molecule has 0 saturated heterocycles. The highest BCUT2D eigenvalue weighted by atomic mass is 32.2. The van der Waals surface area contributed by atoms with Gasteiger partial charge in [0.2, 0.25) is 5.91 Å². The zero-order valence-electron chi connectivity index (χ0n) is 8.47. The first-order chi connectivity index (χ1) is 7.74. The summed E-state index contributed by atoms with van der Waals surface area (Å²) < 4.78 is 5.11. The van der Waals surface area contributed by atoms with Gasteiger partial charge in [-0.15, -0.1) is 11.3 Å². The van der Waals surface area contributed by atoms with E-state index in [1.54, 1.807) is 17.8 Å². The molecule has 7 heteroatoms. The van der Waals surface area contributed by atoms with Gasteiger partial charge in [0, 0.05) is 11.6 Å². The number of hydrogen-bond acceptors (Lipinski definition) is 6. The molecule has 0 aromatic carbocycles. The first-order valence-electron chi connectivity index (χ1n) is 4.48. The zero-order chi connectivity index (χ0) is 11.4. The van der Waals surface area contributed by atoms with Gasteiger partial charge in [0.1, 0.15) is 6.26 Å². The molecule has 0 fully saturated rings. The third-order valence-corrected chi connectivity index (χ3v) is 3.13. The summed E-state index contributed by atoms with van der Waals surface area (Å²) in [5.74, 6) is 0.148. The summed E-state index contributed by atoms with van der Waals surface area (Å²) >= 11 is 2.64. The number of thiazole rings is 1. The second-order valence-electron chi connectivity index (χ2n) is 2.93. The second-order valence-corrected chi connectivity index (χ2v) is 4.75. The number of aryl methyl sites for hydroxylation is 1. The third kappa shape index (κ3) is 3.07. The van der Waals surface area contributed by atoms with Crippen molar-refractivity contribution in [3.05, 3.63) is 23.5 Å². The number of oxazole rings is 1. The Morgan fingerprint density at radius 3 is 3.19 bits per heavy atom. The van der Waals surface area contributed by atoms with Crippen LogP contribution >= 0.6 is 23.1 Å². The minimum Gasteiger partial charge on any atom is -0.440 e. The van der Waals surface area contributed by atoms with Gasteiger partial charge >= 0.3 is 0 Å². The van der Waals surface area contributed by atoms with Gasteiger partial charge in [-0.1, -0.05) is 11.8 Å². The lowest BCUT2D eigenvalue weighted by molar-refractivity contribution is -0.113. The van der Waals surface area contributed by atoms with Crippen molar-refractivity contribution in [2.24, 2.45) is 0 Å². The summed E-state index contributed by atoms with van der Waals surface area (Å²) in [6.07, 6.45) is 3.20. The van der Waals surface area contributed by atoms with E-state index in [2.05, 4.69) is 15.3 Å². The van der Waals surface area contributed by atoms with E-state index in [0.29, 0.717) is 10.4 Å². The van der Waals surface area contributed by atoms with Crippen molar-refractivity contribution in [1.29, 1.82) is 0 Å². The quantitative estimate of drug-likeness (QED) is 0.848. The Kier molecular flexibility index (Phi) is 3.58. The molecule has 84 valence electrons. The van der Waals surface area contributed by atoms with Crippen molar-refractivity contribution < 1.29 is 9.21 Å². The maximum Gasteiger partial charge on any atom is 0.256 e. The van der Waals surface area contributed by atoms with Crippen molar-refractivity contribution in [1.82, 2.24) is 9.97 Å². The predicted molar refractivity (Wildman–Crippen MR) is 62.7 cm³/mol. The lowest BCUT2D eigenvalue weighted by Gasteiger charge is -1.98. The van der Waals surface area contributed by atoms with Crippen LogP contribution in [0.2, 0.25) is 0 Å². The summed E-state index contributed by atoms with van der Waals surface area (Å²) in [7, 11) is 0. The zero-order valence-corrected chi connectivity index (χ0v) is 10.1. The van der Waals surface area contributed by atoms with Crippen molar-refractivity contribution in [3.63, 3.8) is 0 Å². The average molecular weight is 255 g/mol. The van der Waals surface area contributed by atoms with Gasteiger partial charge in [-0.3, -0.25) is 4.79 Å². The highest BCUT2D eigenvalue weighted by molar-refractivity contribution is 7.99. The van der Waals surface area contributed by atoms with Crippen LogP contribution in [0.3, 0.4) is 0 Å². The van der Waals surface area contributed by atoms with Gasteiger partial charge in [0.05, 0.1) is 11.4 Å². The van der Waals surface area contributed by atoms with Gasteiger partial charge in [-0.05, 0) is 6.92 Å². The second kappa shape index (κ2) is 5.13. The van der Waals surface area contributed by atoms with Crippen molar-refractivity contribution in [2.45, 2.75) is 12.1 Å². The van der Waals surface area contributed by atoms with E-state index in [1.165, 1.54) is 23.1 Å². The lowest BCUT2D eigenvalue weighted by atomic mass is 10.6. The van der Waals surface area contributed by atoms with Crippen LogP contribution in [0.1, 0.15) is 5.69 Å². The highest BCUT2D eigenvalue weighted by Crippen LogP contribution is 2.17. The molecule has 0 unspecified atom stereocenters. The molecular formula is C9H9N3O2S2. The summed E-state index contributed by atoms with van der Waals surface area (Å²) in [5, 5.41) is 5.59. The van der Waals surface area contributed by atoms with Gasteiger partial charge in [-0.25, -0.2) is 9.97 Å². The normalized spacial score (nSPS) is 10.3. The molecule has 0 aliphatic rings. The molecule has 0 bridgehead atoms. The maximum atomic E-state index is 11.5. The van der Waals surface area contributed by atoms with Crippen LogP contribution in [-0.2, 0) is 4.79 Å². The smallest absolute Gasteiger partial charge is 0.256 e. The number of amides is 1. The van der Waals surface area contributed by atoms with Crippen LogP contribution in [0, 0.1) is 6.92 Å². The molecule has 0 radical (unpaired) electrons. The van der Waals surface area contributed by atoms with E-state index < -0.39 is 0 Å². The van der Waals surface area contributed by atoms with Gasteiger partial charge in [0.15, 0.2) is 5.13 Å². The number of thioether (sulfide) groups is 1. The van der Waals surface area contributed by atoms with Crippen LogP contribution in [0.4, 0.5) is 5.13 Å². The highest BCUT2D eigenvalue weighted by Gasteiger charge is 2.07. The Morgan fingerprint density at radius 1 is 1.69 bits per heavy atom. The van der Waals surface area contributed by atoms with Gasteiger partial charge < -0.3 is 9.73 Å². The minimum absolute atomic E-state index is 0.115. The number of hydrogen-bond donors (Lipinski definition) is 1. The van der Waals surface area contributed by atoms with E-state index >= 15 is 0 Å². The van der Waals surface area contributed by atoms with E-state index in [4.69, 9.17) is 4.42 Å². The SMILES string of the molecule is Cc1coc(SCC(=O)Nc2nccs2)n1. The topological polar surface area (TPSA) is 68.0 Å². The molecule has 2 aromatic rings. The van der Waals surface area contributed by atoms with Crippen LogP contribution in [0.5, 0.6) is 0 Å². The number of anilines is 1. The Morgan fingerprint density at radius 2 is 2.56 bits per heavy atom. The molecule has 0 saturated carbocycles. The predicted octanol–water partition coefficient (Wildman–Crippen LogP) is 2.17. The Hall–Kier alpha value is -1.34. The molecular weight excluding hydrogens is 246 g/mol. The molecule has 0 atom stereocenters. The van der Waals surface area contributed by atoms with Crippen LogP contribution < -0.4 is 5.32 Å². The first kappa shape index (κ1) is 11.2. The van der Waals surface area contributed by atoms with Crippen molar-refractivity contribution in [3.8, 4) is 0 Å². The average Bonchev–Trinajstić information content (AvgIpc) is 2.87. The van der Waals surface area contributed by atoms with Crippen molar-refractivity contribution in [2.75, 3.05) is 11.1 Å². The molecule has 2 rings (SSSR count). The van der Waals surface area contributed by atoms with Crippen molar-refractivity contribution >= 4 is 34.1 Å². The largest absolute Gasteiger partial charge is 0.440 e. The molecule has 2 heterocycles. The first-order valence-corrected chi connectivity index (χ1v) is 6.35. The number of nitrogens with one attached hydrogen (secondary N) is 1. The number of rotatable bonds is 4. The number of aromatic nitrogens is 2. The van der Waals surface area contributed by atoms with E-state index in [9.17, 15) is 4.79 Å². The van der Waals surface area contributed by atoms with Crippen LogP contribution in [0.25, 0.3) is 0 Å². The summed E-state index contributed by atoms with van der Waals surface area (Å²) in [6, 6.07) is 0. The Bertz CT molecular complexity index is 467. The number of carbonyl (C=O) groups is 1. The monoisotopic (exact) mass is 255 g/mol. The minimum atomic E-state index is -0.115. The fraction of sp³-hybridized carbons (Fsp3) is 0.222. The van der Waals surface area contributed by atoms with Gasteiger partial charge in [-0.2, -0.15) is 0 Å². The molecule has 5 nitrogen and oxygen atoms in total. The lowest BCUT2D eigenvalue weighted by Crippen LogP contribution is -2.13. The number of carbonyl (C=O) groups excluding carboxylic acids is 1. The van der Waals surface area contributed by atoms with E-state index in [-0.39, 0.29) is 11.7 Å². The number of nitrogens with zero attached hydrogens (tertiary/aromatic N) is 2. The van der Waals surface area contributed by atoms with E-state index in [1.807, 2.05) is 6.92 Å². The summed E-state index contributed by atoms with van der Waals surface area (Å²) in [4.78, 5) is 19.5. The van der Waals surface area contributed by atoms with Crippen LogP contribution in [0.15, 0.2) is 27.5 Å². The summed E-state index contributed by atoms with van der Waals surface area (Å²) in [6.45, 7) is 1.84. The fourth-order valence-electron chi connectivity index (χ4n) is 0.966. The molecule has 16 heavy (non-hydrogen) atoms. The Labute approximate surface area is 100 Å². The molecule has 2 aromatic heterocycles. The maximum absolute atomic E-state index is 11.5. The molecule has 1 amide bonds. The Balaban J connectivity index is 1.80. The van der Waals surface area contributed by atoms with Crippen LogP contribution in [-0.4, -0.2) is 21.6 Å². The summed E-state index contributed by atoms with van der Waals surface area (Å²) in [5.41, 5.74) is 0.808. The standard InChI is InChI=1S/C9H9N3O2S2/c1-6-4-14-9(11-6)16-5-7(13)12-8-10-2-3-15-8/h2-4H,5H2,1H3,(H,10,12,13).